The molecule has 1 atom stereocenters. The summed E-state index contributed by atoms with van der Waals surface area (Å²) >= 11 is 0. The zero-order valence-corrected chi connectivity index (χ0v) is 9.10. The number of hydrogen-bond acceptors (Lipinski definition) is 4. The standard InChI is InChI=1S/C12H13NO3/c1-2-9(8-13)16-11-5-3-4-10-12(11)15-7-6-14-10/h3-5,9H,2,6-7H2,1H3. The highest BCUT2D eigenvalue weighted by atomic mass is 16.6. The summed E-state index contributed by atoms with van der Waals surface area (Å²) in [5.74, 6) is 1.85. The fourth-order valence-corrected chi connectivity index (χ4v) is 1.49. The lowest BCUT2D eigenvalue weighted by Crippen LogP contribution is -2.18. The van der Waals surface area contributed by atoms with E-state index in [4.69, 9.17) is 19.5 Å². The van der Waals surface area contributed by atoms with Crippen LogP contribution in [-0.4, -0.2) is 19.3 Å². The van der Waals surface area contributed by atoms with E-state index in [-0.39, 0.29) is 0 Å². The van der Waals surface area contributed by atoms with Crippen LogP contribution in [0.25, 0.3) is 0 Å². The minimum atomic E-state index is -0.447. The molecule has 2 rings (SSSR count). The minimum Gasteiger partial charge on any atom is -0.486 e. The van der Waals surface area contributed by atoms with Crippen LogP contribution in [0.2, 0.25) is 0 Å². The van der Waals surface area contributed by atoms with Gasteiger partial charge in [0.05, 0.1) is 0 Å². The molecule has 0 amide bonds. The first-order valence-electron chi connectivity index (χ1n) is 5.30. The maximum Gasteiger partial charge on any atom is 0.203 e. The third kappa shape index (κ3) is 2.03. The van der Waals surface area contributed by atoms with E-state index < -0.39 is 6.10 Å². The van der Waals surface area contributed by atoms with Crippen molar-refractivity contribution in [3.05, 3.63) is 18.2 Å². The molecule has 1 aliphatic heterocycles. The molecule has 84 valence electrons. The van der Waals surface area contributed by atoms with Gasteiger partial charge in [-0.2, -0.15) is 5.26 Å². The monoisotopic (exact) mass is 219 g/mol. The topological polar surface area (TPSA) is 51.5 Å². The van der Waals surface area contributed by atoms with Crippen LogP contribution < -0.4 is 14.2 Å². The van der Waals surface area contributed by atoms with Gasteiger partial charge in [-0.25, -0.2) is 0 Å². The van der Waals surface area contributed by atoms with E-state index in [1.807, 2.05) is 19.1 Å². The first kappa shape index (κ1) is 10.6. The highest BCUT2D eigenvalue weighted by molar-refractivity contribution is 5.52. The molecule has 1 heterocycles. The summed E-state index contributed by atoms with van der Waals surface area (Å²) in [6.07, 6.45) is 0.193. The summed E-state index contributed by atoms with van der Waals surface area (Å²) < 4.78 is 16.5. The van der Waals surface area contributed by atoms with Gasteiger partial charge in [0.25, 0.3) is 0 Å². The number of hydrogen-bond donors (Lipinski definition) is 0. The van der Waals surface area contributed by atoms with Gasteiger partial charge < -0.3 is 14.2 Å². The Kier molecular flexibility index (Phi) is 3.16. The highest BCUT2D eigenvalue weighted by Gasteiger charge is 2.18. The average molecular weight is 219 g/mol. The number of rotatable bonds is 3. The molecule has 1 aliphatic rings. The lowest BCUT2D eigenvalue weighted by molar-refractivity contribution is 0.156. The lowest BCUT2D eigenvalue weighted by Gasteiger charge is -2.21. The van der Waals surface area contributed by atoms with Crippen molar-refractivity contribution in [2.75, 3.05) is 13.2 Å². The Labute approximate surface area is 94.3 Å². The number of para-hydroxylation sites is 1. The molecule has 0 bridgehead atoms. The van der Waals surface area contributed by atoms with Gasteiger partial charge in [-0.1, -0.05) is 13.0 Å². The average Bonchev–Trinajstić information content (AvgIpc) is 2.36. The molecule has 0 N–H and O–H groups in total. The van der Waals surface area contributed by atoms with Crippen molar-refractivity contribution in [1.82, 2.24) is 0 Å². The maximum atomic E-state index is 8.84. The van der Waals surface area contributed by atoms with E-state index >= 15 is 0 Å². The van der Waals surface area contributed by atoms with Crippen molar-refractivity contribution >= 4 is 0 Å². The van der Waals surface area contributed by atoms with Crippen molar-refractivity contribution in [3.8, 4) is 23.3 Å². The van der Waals surface area contributed by atoms with Crippen molar-refractivity contribution in [1.29, 1.82) is 5.26 Å². The number of nitriles is 1. The summed E-state index contributed by atoms with van der Waals surface area (Å²) in [7, 11) is 0. The molecule has 0 radical (unpaired) electrons. The van der Waals surface area contributed by atoms with Gasteiger partial charge in [0.1, 0.15) is 19.3 Å². The van der Waals surface area contributed by atoms with Gasteiger partial charge >= 0.3 is 0 Å². The van der Waals surface area contributed by atoms with Gasteiger partial charge in [0.2, 0.25) is 5.75 Å². The first-order valence-corrected chi connectivity index (χ1v) is 5.30. The Morgan fingerprint density at radius 3 is 3.00 bits per heavy atom. The molecule has 1 unspecified atom stereocenters. The summed E-state index contributed by atoms with van der Waals surface area (Å²) in [5, 5.41) is 8.84. The zero-order valence-electron chi connectivity index (χ0n) is 9.10. The Bertz CT molecular complexity index is 411. The SMILES string of the molecule is CCC(C#N)Oc1cccc2c1OCCO2. The second-order valence-electron chi connectivity index (χ2n) is 3.42. The molecule has 0 aliphatic carbocycles. The predicted molar refractivity (Wildman–Crippen MR) is 57.8 cm³/mol. The van der Waals surface area contributed by atoms with Crippen LogP contribution in [0.5, 0.6) is 17.2 Å². The number of ether oxygens (including phenoxy) is 3. The van der Waals surface area contributed by atoms with Crippen molar-refractivity contribution in [3.63, 3.8) is 0 Å². The molecule has 0 aromatic heterocycles. The minimum absolute atomic E-state index is 0.447. The molecule has 1 aromatic carbocycles. The fraction of sp³-hybridized carbons (Fsp3) is 0.417. The van der Waals surface area contributed by atoms with E-state index in [1.54, 1.807) is 6.07 Å². The highest BCUT2D eigenvalue weighted by Crippen LogP contribution is 2.39. The zero-order chi connectivity index (χ0) is 11.4. The Morgan fingerprint density at radius 2 is 2.25 bits per heavy atom. The van der Waals surface area contributed by atoms with Crippen LogP contribution in [0.3, 0.4) is 0 Å². The van der Waals surface area contributed by atoms with Crippen LogP contribution in [0.1, 0.15) is 13.3 Å². The quantitative estimate of drug-likeness (QED) is 0.781. The number of benzene rings is 1. The van der Waals surface area contributed by atoms with E-state index in [2.05, 4.69) is 6.07 Å². The van der Waals surface area contributed by atoms with Crippen molar-refractivity contribution in [2.24, 2.45) is 0 Å². The molecule has 1 aromatic rings. The van der Waals surface area contributed by atoms with Crippen LogP contribution >= 0.6 is 0 Å². The summed E-state index contributed by atoms with van der Waals surface area (Å²) in [6, 6.07) is 7.53. The van der Waals surface area contributed by atoms with Gasteiger partial charge in [0, 0.05) is 0 Å². The van der Waals surface area contributed by atoms with Crippen molar-refractivity contribution in [2.45, 2.75) is 19.4 Å². The molecule has 0 saturated heterocycles. The van der Waals surface area contributed by atoms with E-state index in [9.17, 15) is 0 Å². The second-order valence-corrected chi connectivity index (χ2v) is 3.42. The van der Waals surface area contributed by atoms with Crippen LogP contribution in [-0.2, 0) is 0 Å². The second kappa shape index (κ2) is 4.75. The summed E-state index contributed by atoms with van der Waals surface area (Å²) in [5.41, 5.74) is 0. The maximum absolute atomic E-state index is 8.84. The van der Waals surface area contributed by atoms with Crippen LogP contribution in [0.4, 0.5) is 0 Å². The molecule has 16 heavy (non-hydrogen) atoms. The van der Waals surface area contributed by atoms with Gasteiger partial charge in [-0.15, -0.1) is 0 Å². The fourth-order valence-electron chi connectivity index (χ4n) is 1.49. The normalized spacial score (nSPS) is 15.0. The molecule has 0 fully saturated rings. The third-order valence-electron chi connectivity index (χ3n) is 2.31. The first-order chi connectivity index (χ1) is 7.85. The summed E-state index contributed by atoms with van der Waals surface area (Å²) in [4.78, 5) is 0. The Hall–Kier alpha value is -1.89. The molecular weight excluding hydrogens is 206 g/mol. The van der Waals surface area contributed by atoms with E-state index in [0.717, 1.165) is 0 Å². The van der Waals surface area contributed by atoms with E-state index in [1.165, 1.54) is 0 Å². The third-order valence-corrected chi connectivity index (χ3v) is 2.31. The van der Waals surface area contributed by atoms with Gasteiger partial charge in [-0.3, -0.25) is 0 Å². The largest absolute Gasteiger partial charge is 0.486 e. The molecule has 0 saturated carbocycles. The van der Waals surface area contributed by atoms with E-state index in [0.29, 0.717) is 36.9 Å². The molecule has 4 nitrogen and oxygen atoms in total. The van der Waals surface area contributed by atoms with Crippen molar-refractivity contribution < 1.29 is 14.2 Å². The lowest BCUT2D eigenvalue weighted by atomic mass is 10.2. The van der Waals surface area contributed by atoms with Crippen LogP contribution in [0, 0.1) is 11.3 Å². The molecule has 0 spiro atoms. The molecular formula is C12H13NO3. The number of nitrogens with zero attached hydrogens (tertiary/aromatic N) is 1. The summed E-state index contributed by atoms with van der Waals surface area (Å²) in [6.45, 7) is 2.96. The predicted octanol–water partition coefficient (Wildman–Crippen LogP) is 2.14. The smallest absolute Gasteiger partial charge is 0.203 e. The Balaban J connectivity index is 2.24. The number of fused-ring (bicyclic) bond motifs is 1. The Morgan fingerprint density at radius 1 is 1.44 bits per heavy atom. The molecule has 4 heteroatoms. The van der Waals surface area contributed by atoms with Gasteiger partial charge in [0.15, 0.2) is 17.6 Å². The van der Waals surface area contributed by atoms with Gasteiger partial charge in [-0.05, 0) is 18.6 Å². The van der Waals surface area contributed by atoms with Crippen LogP contribution in [0.15, 0.2) is 18.2 Å².